The Hall–Kier alpha value is -0.300. The lowest BCUT2D eigenvalue weighted by Gasteiger charge is -2.28. The molecule has 70 valence electrons. The van der Waals surface area contributed by atoms with E-state index >= 15 is 0 Å². The van der Waals surface area contributed by atoms with Gasteiger partial charge >= 0.3 is 0 Å². The highest BCUT2D eigenvalue weighted by Gasteiger charge is 2.16. The van der Waals surface area contributed by atoms with E-state index < -0.39 is 0 Å². The third kappa shape index (κ3) is 2.34. The SMILES string of the molecule is CC(C)C1=CCC(N(C)C)CC1. The topological polar surface area (TPSA) is 3.24 Å². The van der Waals surface area contributed by atoms with Crippen molar-refractivity contribution in [2.75, 3.05) is 14.1 Å². The molecular weight excluding hydrogens is 146 g/mol. The monoisotopic (exact) mass is 167 g/mol. The van der Waals surface area contributed by atoms with Crippen LogP contribution in [0.3, 0.4) is 0 Å². The van der Waals surface area contributed by atoms with Crippen LogP contribution in [0, 0.1) is 5.92 Å². The summed E-state index contributed by atoms with van der Waals surface area (Å²) in [6.07, 6.45) is 6.34. The van der Waals surface area contributed by atoms with E-state index in [2.05, 4.69) is 38.9 Å². The Balaban J connectivity index is 2.47. The van der Waals surface area contributed by atoms with Crippen molar-refractivity contribution in [3.8, 4) is 0 Å². The first-order valence-corrected chi connectivity index (χ1v) is 4.96. The highest BCUT2D eigenvalue weighted by molar-refractivity contribution is 5.09. The third-order valence-electron chi connectivity index (χ3n) is 2.89. The molecule has 0 bridgehead atoms. The number of nitrogens with zero attached hydrogens (tertiary/aromatic N) is 1. The van der Waals surface area contributed by atoms with Gasteiger partial charge in [-0.2, -0.15) is 0 Å². The Bertz CT molecular complexity index is 168. The number of rotatable bonds is 2. The summed E-state index contributed by atoms with van der Waals surface area (Å²) >= 11 is 0. The van der Waals surface area contributed by atoms with Crippen molar-refractivity contribution in [2.45, 2.75) is 39.2 Å². The lowest BCUT2D eigenvalue weighted by molar-refractivity contribution is 0.270. The van der Waals surface area contributed by atoms with Crippen LogP contribution in [0.25, 0.3) is 0 Å². The molecule has 0 amide bonds. The first kappa shape index (κ1) is 9.79. The summed E-state index contributed by atoms with van der Waals surface area (Å²) < 4.78 is 0. The Morgan fingerprint density at radius 2 is 2.08 bits per heavy atom. The zero-order valence-corrected chi connectivity index (χ0v) is 8.80. The minimum Gasteiger partial charge on any atom is -0.306 e. The zero-order valence-electron chi connectivity index (χ0n) is 8.80. The molecule has 0 heterocycles. The van der Waals surface area contributed by atoms with Crippen molar-refractivity contribution >= 4 is 0 Å². The summed E-state index contributed by atoms with van der Waals surface area (Å²) in [7, 11) is 4.36. The van der Waals surface area contributed by atoms with Gasteiger partial charge in [-0.05, 0) is 39.3 Å². The molecule has 0 aromatic heterocycles. The van der Waals surface area contributed by atoms with Gasteiger partial charge in [0.05, 0.1) is 0 Å². The molecule has 1 aliphatic rings. The summed E-state index contributed by atoms with van der Waals surface area (Å²) in [5, 5.41) is 0. The molecule has 0 saturated carbocycles. The maximum absolute atomic E-state index is 2.44. The van der Waals surface area contributed by atoms with Crippen LogP contribution in [0.1, 0.15) is 33.1 Å². The Labute approximate surface area is 76.5 Å². The van der Waals surface area contributed by atoms with Crippen LogP contribution >= 0.6 is 0 Å². The van der Waals surface area contributed by atoms with Gasteiger partial charge in [-0.1, -0.05) is 25.5 Å². The van der Waals surface area contributed by atoms with Crippen LogP contribution in [-0.2, 0) is 0 Å². The highest BCUT2D eigenvalue weighted by Crippen LogP contribution is 2.25. The number of hydrogen-bond acceptors (Lipinski definition) is 1. The van der Waals surface area contributed by atoms with Crippen LogP contribution in [0.4, 0.5) is 0 Å². The van der Waals surface area contributed by atoms with Crippen LogP contribution in [0.5, 0.6) is 0 Å². The van der Waals surface area contributed by atoms with E-state index in [9.17, 15) is 0 Å². The molecule has 0 fully saturated rings. The van der Waals surface area contributed by atoms with Gasteiger partial charge in [0.15, 0.2) is 0 Å². The van der Waals surface area contributed by atoms with Crippen LogP contribution in [0.2, 0.25) is 0 Å². The predicted molar refractivity (Wildman–Crippen MR) is 54.2 cm³/mol. The Morgan fingerprint density at radius 3 is 2.42 bits per heavy atom. The van der Waals surface area contributed by atoms with Crippen molar-refractivity contribution in [1.82, 2.24) is 4.90 Å². The second-order valence-corrected chi connectivity index (χ2v) is 4.33. The average Bonchev–Trinajstić information content (AvgIpc) is 2.04. The van der Waals surface area contributed by atoms with Crippen molar-refractivity contribution in [2.24, 2.45) is 5.92 Å². The second kappa shape index (κ2) is 4.08. The molecule has 0 N–H and O–H groups in total. The molecule has 0 aliphatic heterocycles. The molecule has 0 saturated heterocycles. The first-order chi connectivity index (χ1) is 5.61. The molecule has 1 rings (SSSR count). The van der Waals surface area contributed by atoms with E-state index in [0.29, 0.717) is 0 Å². The Kier molecular flexibility index (Phi) is 3.33. The van der Waals surface area contributed by atoms with Crippen molar-refractivity contribution < 1.29 is 0 Å². The minimum absolute atomic E-state index is 0.758. The molecule has 1 nitrogen and oxygen atoms in total. The van der Waals surface area contributed by atoms with E-state index in [1.54, 1.807) is 5.57 Å². The summed E-state index contributed by atoms with van der Waals surface area (Å²) in [4.78, 5) is 2.34. The number of hydrogen-bond donors (Lipinski definition) is 0. The zero-order chi connectivity index (χ0) is 9.14. The molecule has 1 heteroatoms. The average molecular weight is 167 g/mol. The van der Waals surface area contributed by atoms with E-state index in [0.717, 1.165) is 12.0 Å². The fraction of sp³-hybridized carbons (Fsp3) is 0.818. The van der Waals surface area contributed by atoms with E-state index in [-0.39, 0.29) is 0 Å². The normalized spacial score (nSPS) is 24.8. The lowest BCUT2D eigenvalue weighted by atomic mass is 9.88. The molecule has 1 atom stereocenters. The van der Waals surface area contributed by atoms with Gasteiger partial charge in [0.25, 0.3) is 0 Å². The smallest absolute Gasteiger partial charge is 0.0127 e. The molecule has 1 aliphatic carbocycles. The molecule has 12 heavy (non-hydrogen) atoms. The van der Waals surface area contributed by atoms with Gasteiger partial charge in [-0.15, -0.1) is 0 Å². The van der Waals surface area contributed by atoms with Gasteiger partial charge in [0.2, 0.25) is 0 Å². The van der Waals surface area contributed by atoms with Crippen molar-refractivity contribution in [1.29, 1.82) is 0 Å². The largest absolute Gasteiger partial charge is 0.306 e. The van der Waals surface area contributed by atoms with E-state index in [1.807, 2.05) is 0 Å². The number of allylic oxidation sites excluding steroid dienone is 1. The van der Waals surface area contributed by atoms with E-state index in [4.69, 9.17) is 0 Å². The standard InChI is InChI=1S/C11H21N/c1-9(2)10-5-7-11(8-6-10)12(3)4/h5,9,11H,6-8H2,1-4H3. The second-order valence-electron chi connectivity index (χ2n) is 4.33. The minimum atomic E-state index is 0.758. The molecule has 0 aromatic rings. The third-order valence-corrected chi connectivity index (χ3v) is 2.89. The van der Waals surface area contributed by atoms with Gasteiger partial charge in [-0.3, -0.25) is 0 Å². The van der Waals surface area contributed by atoms with Gasteiger partial charge in [-0.25, -0.2) is 0 Å². The summed E-state index contributed by atoms with van der Waals surface area (Å²) in [6, 6.07) is 0.785. The Morgan fingerprint density at radius 1 is 1.42 bits per heavy atom. The summed E-state index contributed by atoms with van der Waals surface area (Å²) in [5.41, 5.74) is 1.66. The van der Waals surface area contributed by atoms with Crippen molar-refractivity contribution in [3.05, 3.63) is 11.6 Å². The molecule has 0 spiro atoms. The molecular formula is C11H21N. The van der Waals surface area contributed by atoms with Crippen molar-refractivity contribution in [3.63, 3.8) is 0 Å². The molecule has 1 unspecified atom stereocenters. The summed E-state index contributed by atoms with van der Waals surface area (Å²) in [6.45, 7) is 4.59. The van der Waals surface area contributed by atoms with Gasteiger partial charge in [0, 0.05) is 6.04 Å². The fourth-order valence-electron chi connectivity index (χ4n) is 1.83. The lowest BCUT2D eigenvalue weighted by Crippen LogP contribution is -2.29. The molecule has 0 aromatic carbocycles. The highest BCUT2D eigenvalue weighted by atomic mass is 15.1. The summed E-state index contributed by atoms with van der Waals surface area (Å²) in [5.74, 6) is 0.758. The van der Waals surface area contributed by atoms with Crippen LogP contribution in [-0.4, -0.2) is 25.0 Å². The quantitative estimate of drug-likeness (QED) is 0.572. The predicted octanol–water partition coefficient (Wildman–Crippen LogP) is 2.68. The maximum atomic E-state index is 2.44. The maximum Gasteiger partial charge on any atom is 0.0127 e. The fourth-order valence-corrected chi connectivity index (χ4v) is 1.83. The van der Waals surface area contributed by atoms with Gasteiger partial charge < -0.3 is 4.90 Å². The first-order valence-electron chi connectivity index (χ1n) is 4.96. The molecule has 0 radical (unpaired) electrons. The van der Waals surface area contributed by atoms with Gasteiger partial charge in [0.1, 0.15) is 0 Å². The van der Waals surface area contributed by atoms with Crippen LogP contribution in [0.15, 0.2) is 11.6 Å². The van der Waals surface area contributed by atoms with E-state index in [1.165, 1.54) is 19.3 Å². The van der Waals surface area contributed by atoms with Crippen LogP contribution < -0.4 is 0 Å².